The van der Waals surface area contributed by atoms with Gasteiger partial charge in [0.1, 0.15) is 5.54 Å². The molecule has 26 heavy (non-hydrogen) atoms. The lowest BCUT2D eigenvalue weighted by atomic mass is 9.97. The summed E-state index contributed by atoms with van der Waals surface area (Å²) in [7, 11) is 0. The van der Waals surface area contributed by atoms with E-state index in [4.69, 9.17) is 20.5 Å². The van der Waals surface area contributed by atoms with Gasteiger partial charge in [-0.3, -0.25) is 0 Å². The summed E-state index contributed by atoms with van der Waals surface area (Å²) in [4.78, 5) is 8.25. The van der Waals surface area contributed by atoms with Crippen molar-refractivity contribution >= 4 is 0 Å². The Morgan fingerprint density at radius 3 is 1.27 bits per heavy atom. The quantitative estimate of drug-likeness (QED) is 0.192. The number of nitrogens with zero attached hydrogens (tertiary/aromatic N) is 1. The van der Waals surface area contributed by atoms with Crippen LogP contribution < -0.4 is 5.48 Å². The number of unbranched alkanes of at least 4 members (excludes halogenated alkanes) is 14. The SMILES string of the molecule is CCCCCCCCCCCCCCCCCC(C)(C)[NH2+]O.O=[N+]([O-])[O-]. The van der Waals surface area contributed by atoms with Crippen LogP contribution in [0.4, 0.5) is 0 Å². The minimum atomic E-state index is -1.75. The molecule has 6 heteroatoms. The highest BCUT2D eigenvalue weighted by Gasteiger charge is 2.19. The number of rotatable bonds is 17. The van der Waals surface area contributed by atoms with E-state index < -0.39 is 5.09 Å². The molecule has 0 aromatic heterocycles. The predicted molar refractivity (Wildman–Crippen MR) is 108 cm³/mol. The fourth-order valence-corrected chi connectivity index (χ4v) is 3.02. The van der Waals surface area contributed by atoms with E-state index >= 15 is 0 Å². The Hall–Kier alpha value is -0.880. The van der Waals surface area contributed by atoms with E-state index in [0.717, 1.165) is 6.42 Å². The number of nitrogens with two attached hydrogens (primary N) is 1. The van der Waals surface area contributed by atoms with Crippen LogP contribution in [-0.4, -0.2) is 15.8 Å². The second kappa shape index (κ2) is 20.4. The highest BCUT2D eigenvalue weighted by atomic mass is 16.9. The van der Waals surface area contributed by atoms with Crippen LogP contribution in [0.1, 0.15) is 124 Å². The maximum Gasteiger partial charge on any atom is 0.120 e. The van der Waals surface area contributed by atoms with Gasteiger partial charge in [0.05, 0.1) is 5.09 Å². The first-order valence-electron chi connectivity index (χ1n) is 10.7. The Morgan fingerprint density at radius 2 is 1.00 bits per heavy atom. The maximum absolute atomic E-state index is 9.08. The Labute approximate surface area is 160 Å². The molecule has 3 N–H and O–H groups in total. The molecule has 0 fully saturated rings. The van der Waals surface area contributed by atoms with Crippen molar-refractivity contribution in [3.63, 3.8) is 0 Å². The van der Waals surface area contributed by atoms with Gasteiger partial charge < -0.3 is 15.3 Å². The van der Waals surface area contributed by atoms with E-state index in [2.05, 4.69) is 20.8 Å². The van der Waals surface area contributed by atoms with Gasteiger partial charge in [-0.1, -0.05) is 96.8 Å². The van der Waals surface area contributed by atoms with Gasteiger partial charge in [0.2, 0.25) is 0 Å². The second-order valence-electron chi connectivity index (χ2n) is 8.04. The summed E-state index contributed by atoms with van der Waals surface area (Å²) in [6.45, 7) is 6.50. The molecule has 158 valence electrons. The molecular formula is C20H44N2O4. The zero-order valence-electron chi connectivity index (χ0n) is 17.5. The average Bonchev–Trinajstić information content (AvgIpc) is 2.58. The molecule has 0 saturated heterocycles. The second-order valence-corrected chi connectivity index (χ2v) is 8.04. The molecule has 0 radical (unpaired) electrons. The third-order valence-corrected chi connectivity index (χ3v) is 4.77. The van der Waals surface area contributed by atoms with Crippen LogP contribution in [-0.2, 0) is 0 Å². The monoisotopic (exact) mass is 376 g/mol. The van der Waals surface area contributed by atoms with Crippen molar-refractivity contribution in [2.45, 2.75) is 129 Å². The van der Waals surface area contributed by atoms with Crippen molar-refractivity contribution < 1.29 is 15.8 Å². The summed E-state index contributed by atoms with van der Waals surface area (Å²) in [5, 5.41) is 23.8. The largest absolute Gasteiger partial charge is 0.356 e. The molecule has 0 bridgehead atoms. The summed E-state index contributed by atoms with van der Waals surface area (Å²) in [5.74, 6) is 0. The minimum Gasteiger partial charge on any atom is -0.356 e. The van der Waals surface area contributed by atoms with Gasteiger partial charge in [-0.2, -0.15) is 5.48 Å². The van der Waals surface area contributed by atoms with Crippen LogP contribution in [0.2, 0.25) is 0 Å². The lowest BCUT2D eigenvalue weighted by Crippen LogP contribution is -2.92. The Kier molecular flexibility index (Phi) is 21.5. The Balaban J connectivity index is 0. The minimum absolute atomic E-state index is 0.0105. The van der Waals surface area contributed by atoms with Gasteiger partial charge in [0.25, 0.3) is 0 Å². The molecule has 0 atom stereocenters. The van der Waals surface area contributed by atoms with Gasteiger partial charge in [-0.05, 0) is 20.3 Å². The topological polar surface area (TPSA) is 103 Å². The number of hydroxylamine groups is 1. The van der Waals surface area contributed by atoms with Crippen molar-refractivity contribution in [3.05, 3.63) is 15.3 Å². The molecule has 0 aliphatic carbocycles. The van der Waals surface area contributed by atoms with Crippen LogP contribution >= 0.6 is 0 Å². The zero-order valence-corrected chi connectivity index (χ0v) is 17.5. The van der Waals surface area contributed by atoms with Crippen LogP contribution in [0, 0.1) is 15.3 Å². The lowest BCUT2D eigenvalue weighted by molar-refractivity contribution is -0.931. The smallest absolute Gasteiger partial charge is 0.120 e. The molecule has 6 nitrogen and oxygen atoms in total. The highest BCUT2D eigenvalue weighted by molar-refractivity contribution is 4.63. The van der Waals surface area contributed by atoms with E-state index in [1.807, 2.05) is 0 Å². The molecule has 0 aromatic carbocycles. The van der Waals surface area contributed by atoms with Gasteiger partial charge in [0, 0.05) is 6.42 Å². The predicted octanol–water partition coefficient (Wildman–Crippen LogP) is 5.74. The third kappa shape index (κ3) is 27.9. The molecule has 0 aromatic rings. The van der Waals surface area contributed by atoms with E-state index in [1.54, 1.807) is 0 Å². The van der Waals surface area contributed by atoms with Gasteiger partial charge in [0.15, 0.2) is 0 Å². The van der Waals surface area contributed by atoms with Crippen molar-refractivity contribution in [3.8, 4) is 0 Å². The van der Waals surface area contributed by atoms with Gasteiger partial charge >= 0.3 is 0 Å². The van der Waals surface area contributed by atoms with E-state index in [0.29, 0.717) is 0 Å². The number of hydrogen-bond acceptors (Lipinski definition) is 4. The summed E-state index contributed by atoms with van der Waals surface area (Å²) in [6.07, 6.45) is 22.3. The fraction of sp³-hybridized carbons (Fsp3) is 1.00. The van der Waals surface area contributed by atoms with E-state index in [9.17, 15) is 0 Å². The normalized spacial score (nSPS) is 11.1. The summed E-state index contributed by atoms with van der Waals surface area (Å²) < 4.78 is 0. The van der Waals surface area contributed by atoms with Gasteiger partial charge in [-0.25, -0.2) is 5.21 Å². The van der Waals surface area contributed by atoms with Crippen molar-refractivity contribution in [2.24, 2.45) is 0 Å². The van der Waals surface area contributed by atoms with Crippen LogP contribution in [0.3, 0.4) is 0 Å². The fourth-order valence-electron chi connectivity index (χ4n) is 3.02. The maximum atomic E-state index is 9.08. The van der Waals surface area contributed by atoms with E-state index in [-0.39, 0.29) is 5.54 Å². The standard InChI is InChI=1S/C20H43NO.NO3/c1-4-5-6-7-8-9-10-11-12-13-14-15-16-17-18-19-20(2,3)21-22;2-1(3)4/h21-22H,4-19H2,1-3H3;/q;-1/p+1. The molecular weight excluding hydrogens is 332 g/mol. The molecule has 0 rings (SSSR count). The van der Waals surface area contributed by atoms with Crippen molar-refractivity contribution in [1.29, 1.82) is 0 Å². The summed E-state index contributed by atoms with van der Waals surface area (Å²) in [6, 6.07) is 0. The summed E-state index contributed by atoms with van der Waals surface area (Å²) >= 11 is 0. The van der Waals surface area contributed by atoms with Crippen molar-refractivity contribution in [1.82, 2.24) is 0 Å². The molecule has 0 spiro atoms. The molecule has 0 unspecified atom stereocenters. The van der Waals surface area contributed by atoms with Crippen LogP contribution in [0.25, 0.3) is 0 Å². The summed E-state index contributed by atoms with van der Waals surface area (Å²) in [5.41, 5.74) is 1.37. The Morgan fingerprint density at radius 1 is 0.731 bits per heavy atom. The van der Waals surface area contributed by atoms with E-state index in [1.165, 1.54) is 102 Å². The Bertz CT molecular complexity index is 296. The molecule has 0 amide bonds. The molecule has 0 aliphatic rings. The lowest BCUT2D eigenvalue weighted by Gasteiger charge is -2.17. The first kappa shape index (κ1) is 27.3. The number of quaternary nitrogens is 1. The first-order chi connectivity index (χ1) is 12.4. The number of hydrogen-bond donors (Lipinski definition) is 2. The third-order valence-electron chi connectivity index (χ3n) is 4.77. The molecule has 0 saturated carbocycles. The van der Waals surface area contributed by atoms with Gasteiger partial charge in [-0.15, -0.1) is 0 Å². The molecule has 0 heterocycles. The van der Waals surface area contributed by atoms with Crippen molar-refractivity contribution in [2.75, 3.05) is 0 Å². The zero-order chi connectivity index (χ0) is 20.1. The highest BCUT2D eigenvalue weighted by Crippen LogP contribution is 2.15. The van der Waals surface area contributed by atoms with Crippen LogP contribution in [0.5, 0.6) is 0 Å². The molecule has 0 aliphatic heterocycles. The average molecular weight is 377 g/mol. The van der Waals surface area contributed by atoms with Crippen LogP contribution in [0.15, 0.2) is 0 Å². The first-order valence-corrected chi connectivity index (χ1v) is 10.7.